The van der Waals surface area contributed by atoms with E-state index in [4.69, 9.17) is 4.74 Å². The van der Waals surface area contributed by atoms with Gasteiger partial charge in [-0.05, 0) is 12.1 Å². The molecule has 1 aromatic rings. The second-order valence-corrected chi connectivity index (χ2v) is 3.79. The maximum atomic E-state index is 11.7. The van der Waals surface area contributed by atoms with Crippen molar-refractivity contribution in [1.29, 1.82) is 0 Å². The predicted octanol–water partition coefficient (Wildman–Crippen LogP) is 1.89. The Morgan fingerprint density at radius 2 is 1.95 bits per heavy atom. The van der Waals surface area contributed by atoms with Crippen LogP contribution in [0.25, 0.3) is 0 Å². The third kappa shape index (κ3) is 5.02. The third-order valence-electron chi connectivity index (χ3n) is 2.38. The zero-order valence-corrected chi connectivity index (χ0v) is 11.9. The molecule has 0 atom stereocenters. The lowest BCUT2D eigenvalue weighted by Crippen LogP contribution is -2.16. The molecule has 0 fully saturated rings. The molecule has 0 saturated carbocycles. The summed E-state index contributed by atoms with van der Waals surface area (Å²) in [6.07, 6.45) is 2.61. The molecular formula is C15H17NO5. The van der Waals surface area contributed by atoms with Gasteiger partial charge < -0.3 is 19.5 Å². The van der Waals surface area contributed by atoms with Gasteiger partial charge in [0.05, 0.1) is 26.0 Å². The standard InChI is InChI=1S/C15H17NO5/c1-4-9-21-13-8-6-5-7-11(13)16-12(15(18)20-3)10-14(17)19-2/h4-8,10,16H,1,9H2,2-3H3/b12-10+. The molecule has 0 aliphatic carbocycles. The minimum atomic E-state index is -0.695. The molecule has 21 heavy (non-hydrogen) atoms. The van der Waals surface area contributed by atoms with E-state index in [-0.39, 0.29) is 5.70 Å². The van der Waals surface area contributed by atoms with Crippen LogP contribution in [-0.2, 0) is 19.1 Å². The largest absolute Gasteiger partial charge is 0.487 e. The number of para-hydroxylation sites is 2. The molecule has 0 aromatic heterocycles. The summed E-state index contributed by atoms with van der Waals surface area (Å²) in [7, 11) is 2.43. The van der Waals surface area contributed by atoms with Crippen molar-refractivity contribution in [3.63, 3.8) is 0 Å². The average Bonchev–Trinajstić information content (AvgIpc) is 2.52. The zero-order valence-electron chi connectivity index (χ0n) is 11.9. The van der Waals surface area contributed by atoms with Gasteiger partial charge in [-0.2, -0.15) is 0 Å². The van der Waals surface area contributed by atoms with E-state index in [2.05, 4.69) is 21.4 Å². The number of carbonyl (C=O) groups is 2. The molecule has 0 aliphatic rings. The van der Waals surface area contributed by atoms with Gasteiger partial charge in [-0.25, -0.2) is 9.59 Å². The van der Waals surface area contributed by atoms with Crippen LogP contribution in [0.2, 0.25) is 0 Å². The summed E-state index contributed by atoms with van der Waals surface area (Å²) >= 11 is 0. The summed E-state index contributed by atoms with van der Waals surface area (Å²) in [5.41, 5.74) is 0.457. The monoisotopic (exact) mass is 291 g/mol. The molecule has 6 nitrogen and oxygen atoms in total. The molecule has 0 spiro atoms. The first-order chi connectivity index (χ1) is 10.1. The SMILES string of the molecule is C=CCOc1ccccc1N/C(=C/C(=O)OC)C(=O)OC. The number of esters is 2. The van der Waals surface area contributed by atoms with E-state index in [9.17, 15) is 9.59 Å². The van der Waals surface area contributed by atoms with Gasteiger partial charge in [-0.1, -0.05) is 24.8 Å². The highest BCUT2D eigenvalue weighted by Crippen LogP contribution is 2.25. The number of nitrogens with one attached hydrogen (secondary N) is 1. The summed E-state index contributed by atoms with van der Waals surface area (Å²) in [4.78, 5) is 23.0. The fourth-order valence-electron chi connectivity index (χ4n) is 1.42. The van der Waals surface area contributed by atoms with Gasteiger partial charge in [0.1, 0.15) is 18.1 Å². The van der Waals surface area contributed by atoms with E-state index in [1.807, 2.05) is 0 Å². The lowest BCUT2D eigenvalue weighted by molar-refractivity contribution is -0.138. The number of ether oxygens (including phenoxy) is 3. The first-order valence-corrected chi connectivity index (χ1v) is 6.10. The van der Waals surface area contributed by atoms with Gasteiger partial charge in [0.15, 0.2) is 0 Å². The Bertz CT molecular complexity index is 551. The Kier molecular flexibility index (Phi) is 6.53. The van der Waals surface area contributed by atoms with Crippen molar-refractivity contribution in [2.45, 2.75) is 0 Å². The average molecular weight is 291 g/mol. The van der Waals surface area contributed by atoms with Gasteiger partial charge in [-0.3, -0.25) is 0 Å². The summed E-state index contributed by atoms with van der Waals surface area (Å²) < 4.78 is 14.6. The Morgan fingerprint density at radius 3 is 2.57 bits per heavy atom. The molecule has 0 heterocycles. The fraction of sp³-hybridized carbons (Fsp3) is 0.200. The van der Waals surface area contributed by atoms with E-state index in [1.54, 1.807) is 30.3 Å². The van der Waals surface area contributed by atoms with Crippen molar-refractivity contribution < 1.29 is 23.8 Å². The molecule has 0 saturated heterocycles. The lowest BCUT2D eigenvalue weighted by Gasteiger charge is -2.13. The second kappa shape index (κ2) is 8.42. The van der Waals surface area contributed by atoms with Crippen molar-refractivity contribution in [2.75, 3.05) is 26.1 Å². The van der Waals surface area contributed by atoms with Crippen molar-refractivity contribution in [3.05, 3.63) is 48.7 Å². The maximum Gasteiger partial charge on any atom is 0.354 e. The van der Waals surface area contributed by atoms with Crippen molar-refractivity contribution in [3.8, 4) is 5.75 Å². The van der Waals surface area contributed by atoms with Crippen LogP contribution in [0.3, 0.4) is 0 Å². The van der Waals surface area contributed by atoms with Crippen LogP contribution in [-0.4, -0.2) is 32.8 Å². The van der Waals surface area contributed by atoms with E-state index < -0.39 is 11.9 Å². The minimum Gasteiger partial charge on any atom is -0.487 e. The molecule has 0 aliphatic heterocycles. The van der Waals surface area contributed by atoms with Gasteiger partial charge in [0.25, 0.3) is 0 Å². The van der Waals surface area contributed by atoms with Crippen LogP contribution in [0.5, 0.6) is 5.75 Å². The summed E-state index contributed by atoms with van der Waals surface area (Å²) in [6, 6.07) is 6.97. The molecule has 0 unspecified atom stereocenters. The summed E-state index contributed by atoms with van der Waals surface area (Å²) in [5.74, 6) is -0.858. The van der Waals surface area contributed by atoms with Crippen molar-refractivity contribution in [1.82, 2.24) is 0 Å². The molecular weight excluding hydrogens is 274 g/mol. The Morgan fingerprint density at radius 1 is 1.24 bits per heavy atom. The topological polar surface area (TPSA) is 73.9 Å². The Hall–Kier alpha value is -2.76. The van der Waals surface area contributed by atoms with E-state index in [0.29, 0.717) is 18.0 Å². The molecule has 1 rings (SSSR count). The Labute approximate surface area is 123 Å². The van der Waals surface area contributed by atoms with Crippen LogP contribution >= 0.6 is 0 Å². The van der Waals surface area contributed by atoms with Crippen LogP contribution in [0.4, 0.5) is 5.69 Å². The molecule has 1 aromatic carbocycles. The number of hydrogen-bond acceptors (Lipinski definition) is 6. The smallest absolute Gasteiger partial charge is 0.354 e. The first-order valence-electron chi connectivity index (χ1n) is 6.10. The summed E-state index contributed by atoms with van der Waals surface area (Å²) in [6.45, 7) is 3.88. The first kappa shape index (κ1) is 16.3. The number of benzene rings is 1. The zero-order chi connectivity index (χ0) is 15.7. The highest BCUT2D eigenvalue weighted by Gasteiger charge is 2.14. The molecule has 0 radical (unpaired) electrons. The minimum absolute atomic E-state index is 0.0565. The van der Waals surface area contributed by atoms with Gasteiger partial charge in [0.2, 0.25) is 0 Å². The van der Waals surface area contributed by atoms with Crippen LogP contribution in [0.1, 0.15) is 0 Å². The van der Waals surface area contributed by atoms with Gasteiger partial charge in [0, 0.05) is 0 Å². The normalized spacial score (nSPS) is 10.5. The molecule has 1 N–H and O–H groups in total. The van der Waals surface area contributed by atoms with Crippen LogP contribution < -0.4 is 10.1 Å². The number of rotatable bonds is 7. The third-order valence-corrected chi connectivity index (χ3v) is 2.38. The highest BCUT2D eigenvalue weighted by atomic mass is 16.5. The number of hydrogen-bond donors (Lipinski definition) is 1. The second-order valence-electron chi connectivity index (χ2n) is 3.79. The lowest BCUT2D eigenvalue weighted by atomic mass is 10.2. The molecule has 0 amide bonds. The van der Waals surface area contributed by atoms with Gasteiger partial charge in [-0.15, -0.1) is 0 Å². The van der Waals surface area contributed by atoms with Gasteiger partial charge >= 0.3 is 11.9 Å². The summed E-state index contributed by atoms with van der Waals surface area (Å²) in [5, 5.41) is 2.80. The van der Waals surface area contributed by atoms with E-state index in [1.165, 1.54) is 14.2 Å². The van der Waals surface area contributed by atoms with Crippen molar-refractivity contribution >= 4 is 17.6 Å². The number of methoxy groups -OCH3 is 2. The Balaban J connectivity index is 3.03. The van der Waals surface area contributed by atoms with Crippen LogP contribution in [0.15, 0.2) is 48.7 Å². The number of anilines is 1. The van der Waals surface area contributed by atoms with Crippen molar-refractivity contribution in [2.24, 2.45) is 0 Å². The van der Waals surface area contributed by atoms with E-state index in [0.717, 1.165) is 6.08 Å². The predicted molar refractivity (Wildman–Crippen MR) is 77.9 cm³/mol. The van der Waals surface area contributed by atoms with Crippen LogP contribution in [0, 0.1) is 0 Å². The molecule has 0 bridgehead atoms. The quantitative estimate of drug-likeness (QED) is 0.470. The maximum absolute atomic E-state index is 11.7. The number of carbonyl (C=O) groups excluding carboxylic acids is 2. The molecule has 6 heteroatoms. The fourth-order valence-corrected chi connectivity index (χ4v) is 1.42. The van der Waals surface area contributed by atoms with E-state index >= 15 is 0 Å². The molecule has 112 valence electrons. The highest BCUT2D eigenvalue weighted by molar-refractivity contribution is 5.99.